The minimum Gasteiger partial charge on any atom is -0.291 e. The molecule has 0 unspecified atom stereocenters. The van der Waals surface area contributed by atoms with Gasteiger partial charge < -0.3 is 0 Å². The van der Waals surface area contributed by atoms with E-state index in [2.05, 4.69) is 51.5 Å². The van der Waals surface area contributed by atoms with Gasteiger partial charge in [0.25, 0.3) is 0 Å². The van der Waals surface area contributed by atoms with Crippen LogP contribution in [0.25, 0.3) is 32.6 Å². The smallest absolute Gasteiger partial charge is 0.238 e. The van der Waals surface area contributed by atoms with Crippen molar-refractivity contribution in [3.63, 3.8) is 0 Å². The third-order valence-electron chi connectivity index (χ3n) is 5.25. The number of aromatic nitrogens is 3. The van der Waals surface area contributed by atoms with Gasteiger partial charge in [0, 0.05) is 28.9 Å². The number of thioether (sulfide) groups is 1. The number of thiophene rings is 1. The summed E-state index contributed by atoms with van der Waals surface area (Å²) in [5.41, 5.74) is 5.37. The van der Waals surface area contributed by atoms with Crippen molar-refractivity contribution < 1.29 is 4.79 Å². The Kier molecular flexibility index (Phi) is 6.22. The zero-order valence-corrected chi connectivity index (χ0v) is 20.5. The molecule has 0 saturated heterocycles. The van der Waals surface area contributed by atoms with Crippen LogP contribution in [0.2, 0.25) is 0 Å². The van der Waals surface area contributed by atoms with Crippen molar-refractivity contribution in [2.24, 2.45) is 0 Å². The van der Waals surface area contributed by atoms with Crippen molar-refractivity contribution in [3.8, 4) is 22.4 Å². The van der Waals surface area contributed by atoms with E-state index in [0.717, 1.165) is 37.6 Å². The molecule has 0 bridgehead atoms. The fourth-order valence-electron chi connectivity index (χ4n) is 3.40. The van der Waals surface area contributed by atoms with Gasteiger partial charge in [-0.15, -0.1) is 22.7 Å². The molecule has 5 aromatic rings. The topological polar surface area (TPSA) is 59.0 Å². The zero-order valence-electron chi connectivity index (χ0n) is 18.1. The van der Waals surface area contributed by atoms with Gasteiger partial charge in [0.1, 0.15) is 16.2 Å². The molecule has 2 aromatic carbocycles. The van der Waals surface area contributed by atoms with Crippen LogP contribution in [0.4, 0.5) is 5.13 Å². The lowest BCUT2D eigenvalue weighted by Gasteiger charge is -2.13. The highest BCUT2D eigenvalue weighted by molar-refractivity contribution is 8.00. The summed E-state index contributed by atoms with van der Waals surface area (Å²) >= 11 is 4.51. The number of amides is 1. The quantitative estimate of drug-likeness (QED) is 0.200. The summed E-state index contributed by atoms with van der Waals surface area (Å²) in [6, 6.07) is 18.4. The summed E-state index contributed by atoms with van der Waals surface area (Å²) in [5, 5.41) is 6.61. The molecule has 8 heteroatoms. The number of thiazole rings is 1. The van der Waals surface area contributed by atoms with Gasteiger partial charge in [-0.25, -0.2) is 15.0 Å². The summed E-state index contributed by atoms with van der Waals surface area (Å²) in [6.45, 7) is 2.08. The SMILES string of the molecule is Cc1ccc(-c2csc3ncnc(SCC(=O)N(C)c4nc(-c5ccccc5)cs4)c23)cc1. The van der Waals surface area contributed by atoms with E-state index in [9.17, 15) is 4.79 Å². The first-order chi connectivity index (χ1) is 16.1. The molecule has 3 heterocycles. The highest BCUT2D eigenvalue weighted by Crippen LogP contribution is 2.38. The first-order valence-corrected chi connectivity index (χ1v) is 13.0. The van der Waals surface area contributed by atoms with Crippen LogP contribution >= 0.6 is 34.4 Å². The van der Waals surface area contributed by atoms with Crippen LogP contribution in [-0.4, -0.2) is 33.7 Å². The maximum Gasteiger partial charge on any atom is 0.238 e. The number of carbonyl (C=O) groups is 1. The fraction of sp³-hybridized carbons (Fsp3) is 0.120. The number of fused-ring (bicyclic) bond motifs is 1. The van der Waals surface area contributed by atoms with Crippen LogP contribution in [0, 0.1) is 6.92 Å². The standard InChI is InChI=1S/C25H20N4OS3/c1-16-8-10-17(11-9-16)19-12-31-23-22(19)24(27-15-26-23)32-14-21(30)29(2)25-28-20(13-33-25)18-6-4-3-5-7-18/h3-13,15H,14H2,1-2H3. The molecule has 0 atom stereocenters. The summed E-state index contributed by atoms with van der Waals surface area (Å²) < 4.78 is 0. The molecule has 164 valence electrons. The van der Waals surface area contributed by atoms with E-state index >= 15 is 0 Å². The number of nitrogens with zero attached hydrogens (tertiary/aromatic N) is 4. The highest BCUT2D eigenvalue weighted by Gasteiger charge is 2.18. The van der Waals surface area contributed by atoms with E-state index in [-0.39, 0.29) is 11.7 Å². The van der Waals surface area contributed by atoms with Crippen molar-refractivity contribution in [2.45, 2.75) is 11.9 Å². The summed E-state index contributed by atoms with van der Waals surface area (Å²) in [7, 11) is 1.77. The van der Waals surface area contributed by atoms with E-state index < -0.39 is 0 Å². The van der Waals surface area contributed by atoms with Crippen LogP contribution in [0.1, 0.15) is 5.56 Å². The van der Waals surface area contributed by atoms with E-state index in [1.807, 2.05) is 35.7 Å². The number of hydrogen-bond acceptors (Lipinski definition) is 7. The Morgan fingerprint density at radius 1 is 0.970 bits per heavy atom. The van der Waals surface area contributed by atoms with Gasteiger partial charge in [-0.2, -0.15) is 0 Å². The average molecular weight is 489 g/mol. The second-order valence-corrected chi connectivity index (χ2v) is 10.2. The maximum absolute atomic E-state index is 13.0. The monoisotopic (exact) mass is 488 g/mol. The molecule has 0 aliphatic heterocycles. The largest absolute Gasteiger partial charge is 0.291 e. The van der Waals surface area contributed by atoms with Crippen LogP contribution in [0.3, 0.4) is 0 Å². The Balaban J connectivity index is 1.34. The second-order valence-electron chi connectivity index (χ2n) is 7.50. The molecule has 0 aliphatic carbocycles. The molecule has 0 radical (unpaired) electrons. The lowest BCUT2D eigenvalue weighted by molar-refractivity contribution is -0.115. The van der Waals surface area contributed by atoms with Crippen LogP contribution < -0.4 is 4.90 Å². The number of rotatable bonds is 6. The van der Waals surface area contributed by atoms with Crippen molar-refractivity contribution in [2.75, 3.05) is 17.7 Å². The zero-order chi connectivity index (χ0) is 22.8. The van der Waals surface area contributed by atoms with Crippen LogP contribution in [-0.2, 0) is 4.79 Å². The van der Waals surface area contributed by atoms with Gasteiger partial charge in [-0.3, -0.25) is 9.69 Å². The minimum atomic E-state index is -0.0205. The molecule has 3 aromatic heterocycles. The van der Waals surface area contributed by atoms with Gasteiger partial charge in [-0.05, 0) is 12.5 Å². The van der Waals surface area contributed by atoms with Crippen LogP contribution in [0.5, 0.6) is 0 Å². The van der Waals surface area contributed by atoms with E-state index in [1.54, 1.807) is 29.6 Å². The van der Waals surface area contributed by atoms with Crippen LogP contribution in [0.15, 0.2) is 76.7 Å². The third-order valence-corrected chi connectivity index (χ3v) is 8.03. The molecular weight excluding hydrogens is 469 g/mol. The number of hydrogen-bond donors (Lipinski definition) is 0. The molecule has 1 amide bonds. The molecule has 0 N–H and O–H groups in total. The van der Waals surface area contributed by atoms with Gasteiger partial charge in [0.05, 0.1) is 16.8 Å². The number of carbonyl (C=O) groups excluding carboxylic acids is 1. The van der Waals surface area contributed by atoms with E-state index in [4.69, 9.17) is 0 Å². The minimum absolute atomic E-state index is 0.0205. The first kappa shape index (κ1) is 21.8. The van der Waals surface area contributed by atoms with E-state index in [1.165, 1.54) is 28.7 Å². The predicted octanol–water partition coefficient (Wildman–Crippen LogP) is 6.55. The number of anilines is 1. The molecule has 0 fully saturated rings. The van der Waals surface area contributed by atoms with Crippen molar-refractivity contribution >= 4 is 55.7 Å². The van der Waals surface area contributed by atoms with Crippen molar-refractivity contribution in [3.05, 3.63) is 77.2 Å². The second kappa shape index (κ2) is 9.43. The fourth-order valence-corrected chi connectivity index (χ4v) is 6.12. The predicted molar refractivity (Wildman–Crippen MR) is 139 cm³/mol. The molecule has 5 nitrogen and oxygen atoms in total. The average Bonchev–Trinajstić information content (AvgIpc) is 3.51. The van der Waals surface area contributed by atoms with Crippen molar-refractivity contribution in [1.29, 1.82) is 0 Å². The number of benzene rings is 2. The molecule has 0 aliphatic rings. The van der Waals surface area contributed by atoms with Gasteiger partial charge in [-0.1, -0.05) is 71.9 Å². The first-order valence-electron chi connectivity index (χ1n) is 10.3. The number of aryl methyl sites for hydroxylation is 1. The Morgan fingerprint density at radius 2 is 1.76 bits per heavy atom. The summed E-state index contributed by atoms with van der Waals surface area (Å²) in [6.07, 6.45) is 1.57. The molecule has 0 spiro atoms. The lowest BCUT2D eigenvalue weighted by Crippen LogP contribution is -2.27. The van der Waals surface area contributed by atoms with Gasteiger partial charge in [0.15, 0.2) is 5.13 Å². The normalized spacial score (nSPS) is 11.1. The van der Waals surface area contributed by atoms with E-state index in [0.29, 0.717) is 5.13 Å². The molecule has 33 heavy (non-hydrogen) atoms. The Labute approximate surface area is 204 Å². The highest BCUT2D eigenvalue weighted by atomic mass is 32.2. The molecule has 0 saturated carbocycles. The summed E-state index contributed by atoms with van der Waals surface area (Å²) in [4.78, 5) is 29.1. The Bertz CT molecular complexity index is 1410. The summed E-state index contributed by atoms with van der Waals surface area (Å²) in [5.74, 6) is 0.249. The molecular formula is C25H20N4OS3. The maximum atomic E-state index is 13.0. The lowest BCUT2D eigenvalue weighted by atomic mass is 10.1. The van der Waals surface area contributed by atoms with Crippen molar-refractivity contribution in [1.82, 2.24) is 15.0 Å². The third kappa shape index (κ3) is 4.55. The van der Waals surface area contributed by atoms with Gasteiger partial charge >= 0.3 is 0 Å². The van der Waals surface area contributed by atoms with Gasteiger partial charge in [0.2, 0.25) is 5.91 Å². The molecule has 5 rings (SSSR count). The Morgan fingerprint density at radius 3 is 2.55 bits per heavy atom. The Hall–Kier alpha value is -3.07.